The summed E-state index contributed by atoms with van der Waals surface area (Å²) >= 11 is 0. The maximum Gasteiger partial charge on any atom is 0.328 e. The molecule has 0 radical (unpaired) electrons. The van der Waals surface area contributed by atoms with Crippen molar-refractivity contribution in [1.82, 2.24) is 5.32 Å². The summed E-state index contributed by atoms with van der Waals surface area (Å²) in [6.07, 6.45) is 0. The highest BCUT2D eigenvalue weighted by Gasteiger charge is 2.34. The maximum atomic E-state index is 11.3. The molecule has 0 heterocycles. The lowest BCUT2D eigenvalue weighted by Crippen LogP contribution is -2.48. The minimum atomic E-state index is -1.31. The van der Waals surface area contributed by atoms with Gasteiger partial charge in [0, 0.05) is 25.2 Å². The molecule has 114 valence electrons. The van der Waals surface area contributed by atoms with E-state index >= 15 is 0 Å². The zero-order valence-electron chi connectivity index (χ0n) is 10.7. The van der Waals surface area contributed by atoms with Crippen LogP contribution in [0.4, 0.5) is 5.69 Å². The number of halogens is 2. The van der Waals surface area contributed by atoms with Crippen LogP contribution in [-0.4, -0.2) is 29.1 Å². The van der Waals surface area contributed by atoms with E-state index in [1.165, 1.54) is 31.2 Å². The third-order valence-electron chi connectivity index (χ3n) is 2.71. The fourth-order valence-corrected chi connectivity index (χ4v) is 1.54. The number of carboxylic acid groups (broad SMARTS) is 1. The lowest BCUT2D eigenvalue weighted by Gasteiger charge is -2.26. The number of nitro benzene ring substituents is 1. The average molecular weight is 326 g/mol. The van der Waals surface area contributed by atoms with E-state index in [2.05, 4.69) is 5.32 Å². The van der Waals surface area contributed by atoms with E-state index < -0.39 is 16.4 Å². The van der Waals surface area contributed by atoms with Gasteiger partial charge >= 0.3 is 5.97 Å². The lowest BCUT2D eigenvalue weighted by atomic mass is 9.92. The smallest absolute Gasteiger partial charge is 0.328 e. The summed E-state index contributed by atoms with van der Waals surface area (Å²) in [5.41, 5.74) is 4.38. The van der Waals surface area contributed by atoms with Crippen LogP contribution in [0.5, 0.6) is 0 Å². The summed E-state index contributed by atoms with van der Waals surface area (Å²) in [6.45, 7) is 2.13. The number of benzene rings is 1. The van der Waals surface area contributed by atoms with Crippen LogP contribution in [0.25, 0.3) is 0 Å². The third kappa shape index (κ3) is 4.61. The molecular weight excluding hydrogens is 309 g/mol. The molecule has 9 heteroatoms. The maximum absolute atomic E-state index is 11.3. The van der Waals surface area contributed by atoms with Crippen LogP contribution in [0.3, 0.4) is 0 Å². The van der Waals surface area contributed by atoms with Crippen LogP contribution in [0.2, 0.25) is 0 Å². The molecule has 0 saturated carbocycles. The van der Waals surface area contributed by atoms with E-state index in [4.69, 9.17) is 5.73 Å². The van der Waals surface area contributed by atoms with Crippen LogP contribution in [0.1, 0.15) is 12.5 Å². The molecule has 20 heavy (non-hydrogen) atoms. The van der Waals surface area contributed by atoms with Gasteiger partial charge in [-0.2, -0.15) is 0 Å². The van der Waals surface area contributed by atoms with Crippen LogP contribution in [0, 0.1) is 10.1 Å². The van der Waals surface area contributed by atoms with Gasteiger partial charge < -0.3 is 10.8 Å². The van der Waals surface area contributed by atoms with Gasteiger partial charge in [0.05, 0.1) is 4.92 Å². The molecule has 0 aliphatic carbocycles. The number of rotatable bonds is 6. The third-order valence-corrected chi connectivity index (χ3v) is 2.71. The molecule has 1 rings (SSSR count). The first-order valence-corrected chi connectivity index (χ1v) is 5.35. The number of carbonyl (C=O) groups is 1. The molecule has 0 saturated heterocycles. The Labute approximate surface area is 128 Å². The summed E-state index contributed by atoms with van der Waals surface area (Å²) in [7, 11) is 0. The predicted octanol–water partition coefficient (Wildman–Crippen LogP) is 1.29. The molecule has 1 unspecified atom stereocenters. The van der Waals surface area contributed by atoms with Gasteiger partial charge in [0.25, 0.3) is 5.69 Å². The van der Waals surface area contributed by atoms with Gasteiger partial charge in [-0.05, 0) is 24.6 Å². The van der Waals surface area contributed by atoms with Crippen molar-refractivity contribution >= 4 is 36.5 Å². The van der Waals surface area contributed by atoms with Gasteiger partial charge in [-0.1, -0.05) is 0 Å². The number of hydrogen-bond acceptors (Lipinski definition) is 5. The van der Waals surface area contributed by atoms with Crippen molar-refractivity contribution in [2.24, 2.45) is 5.73 Å². The van der Waals surface area contributed by atoms with Crippen molar-refractivity contribution in [3.05, 3.63) is 39.9 Å². The Balaban J connectivity index is 0. The number of nitrogens with two attached hydrogens (primary N) is 1. The van der Waals surface area contributed by atoms with E-state index in [0.717, 1.165) is 0 Å². The van der Waals surface area contributed by atoms with Gasteiger partial charge in [0.15, 0.2) is 0 Å². The largest absolute Gasteiger partial charge is 0.480 e. The highest BCUT2D eigenvalue weighted by Crippen LogP contribution is 2.23. The number of carboxylic acids is 1. The molecule has 0 spiro atoms. The molecule has 0 fully saturated rings. The summed E-state index contributed by atoms with van der Waals surface area (Å²) in [4.78, 5) is 21.3. The van der Waals surface area contributed by atoms with Crippen molar-refractivity contribution in [1.29, 1.82) is 0 Å². The topological polar surface area (TPSA) is 118 Å². The molecule has 0 aromatic heterocycles. The van der Waals surface area contributed by atoms with E-state index in [0.29, 0.717) is 18.7 Å². The van der Waals surface area contributed by atoms with Gasteiger partial charge in [-0.25, -0.2) is 4.79 Å². The van der Waals surface area contributed by atoms with E-state index in [-0.39, 0.29) is 30.5 Å². The fourth-order valence-electron chi connectivity index (χ4n) is 1.54. The summed E-state index contributed by atoms with van der Waals surface area (Å²) < 4.78 is 0. The number of hydrogen-bond donors (Lipinski definition) is 3. The normalized spacial score (nSPS) is 12.5. The van der Waals surface area contributed by atoms with Gasteiger partial charge in [-0.15, -0.1) is 24.8 Å². The van der Waals surface area contributed by atoms with Gasteiger partial charge in [-0.3, -0.25) is 15.4 Å². The van der Waals surface area contributed by atoms with E-state index in [1.54, 1.807) is 0 Å². The van der Waals surface area contributed by atoms with Gasteiger partial charge in [0.1, 0.15) is 5.54 Å². The molecule has 0 aliphatic heterocycles. The molecule has 0 bridgehead atoms. The fraction of sp³-hybridized carbons (Fsp3) is 0.364. The standard InChI is InChI=1S/C11H15N3O4.2ClH/c1-11(10(15)16,13-7-6-12)8-2-4-9(5-3-8)14(17)18;;/h2-5,13H,6-7,12H2,1H3,(H,15,16);2*1H. The van der Waals surface area contributed by atoms with Crippen molar-refractivity contribution in [2.45, 2.75) is 12.5 Å². The number of non-ortho nitro benzene ring substituents is 1. The Morgan fingerprint density at radius 2 is 1.90 bits per heavy atom. The molecule has 1 aromatic carbocycles. The number of nitrogens with one attached hydrogen (secondary N) is 1. The number of nitro groups is 1. The van der Waals surface area contributed by atoms with Crippen LogP contribution >= 0.6 is 24.8 Å². The molecule has 0 aliphatic rings. The zero-order chi connectivity index (χ0) is 13.8. The first-order valence-electron chi connectivity index (χ1n) is 5.35. The second-order valence-electron chi connectivity index (χ2n) is 3.95. The number of aliphatic carboxylic acids is 1. The minimum absolute atomic E-state index is 0. The average Bonchev–Trinajstić information content (AvgIpc) is 2.35. The SMILES string of the molecule is CC(NCCN)(C(=O)O)c1ccc([N+](=O)[O-])cc1.Cl.Cl. The second-order valence-corrected chi connectivity index (χ2v) is 3.95. The first-order chi connectivity index (χ1) is 8.41. The Bertz CT molecular complexity index is 455. The molecular formula is C11H17Cl2N3O4. The summed E-state index contributed by atoms with van der Waals surface area (Å²) in [5, 5.41) is 22.6. The number of nitrogens with zero attached hydrogens (tertiary/aromatic N) is 1. The lowest BCUT2D eigenvalue weighted by molar-refractivity contribution is -0.384. The van der Waals surface area contributed by atoms with E-state index in [1.807, 2.05) is 0 Å². The quantitative estimate of drug-likeness (QED) is 0.535. The Morgan fingerprint density at radius 1 is 1.40 bits per heavy atom. The van der Waals surface area contributed by atoms with Crippen LogP contribution < -0.4 is 11.1 Å². The van der Waals surface area contributed by atoms with E-state index in [9.17, 15) is 20.0 Å². The minimum Gasteiger partial charge on any atom is -0.480 e. The second kappa shape index (κ2) is 8.70. The summed E-state index contributed by atoms with van der Waals surface area (Å²) in [5.74, 6) is -1.06. The van der Waals surface area contributed by atoms with Crippen molar-refractivity contribution in [3.8, 4) is 0 Å². The van der Waals surface area contributed by atoms with Crippen LogP contribution in [0.15, 0.2) is 24.3 Å². The van der Waals surface area contributed by atoms with Crippen molar-refractivity contribution in [3.63, 3.8) is 0 Å². The van der Waals surface area contributed by atoms with Crippen molar-refractivity contribution < 1.29 is 14.8 Å². The highest BCUT2D eigenvalue weighted by molar-refractivity contribution is 5.85. The highest BCUT2D eigenvalue weighted by atomic mass is 35.5. The molecule has 0 amide bonds. The zero-order valence-corrected chi connectivity index (χ0v) is 12.4. The Kier molecular flexibility index (Phi) is 9.09. The van der Waals surface area contributed by atoms with Crippen molar-refractivity contribution in [2.75, 3.05) is 13.1 Å². The predicted molar refractivity (Wildman–Crippen MR) is 79.6 cm³/mol. The molecule has 1 atom stereocenters. The van der Waals surface area contributed by atoms with Crippen LogP contribution in [-0.2, 0) is 10.3 Å². The molecule has 7 nitrogen and oxygen atoms in total. The molecule has 4 N–H and O–H groups in total. The Morgan fingerprint density at radius 3 is 2.25 bits per heavy atom. The Hall–Kier alpha value is -1.41. The van der Waals surface area contributed by atoms with Gasteiger partial charge in [0.2, 0.25) is 0 Å². The first kappa shape index (κ1) is 20.9. The monoisotopic (exact) mass is 325 g/mol. The summed E-state index contributed by atoms with van der Waals surface area (Å²) in [6, 6.07) is 5.41. The molecule has 1 aromatic rings.